The molecule has 0 bridgehead atoms. The van der Waals surface area contributed by atoms with Gasteiger partial charge in [-0.3, -0.25) is 4.79 Å². The van der Waals surface area contributed by atoms with Gasteiger partial charge in [0.2, 0.25) is 0 Å². The number of hydrogen-bond acceptors (Lipinski definition) is 6. The Bertz CT molecular complexity index is 1310. The Labute approximate surface area is 194 Å². The third-order valence-corrected chi connectivity index (χ3v) is 6.13. The van der Waals surface area contributed by atoms with Gasteiger partial charge in [0.05, 0.1) is 11.2 Å². The van der Waals surface area contributed by atoms with E-state index in [0.717, 1.165) is 5.69 Å². The summed E-state index contributed by atoms with van der Waals surface area (Å²) < 4.78 is 42.5. The third-order valence-electron chi connectivity index (χ3n) is 6.13. The van der Waals surface area contributed by atoms with Gasteiger partial charge >= 0.3 is 6.36 Å². The molecule has 1 aliphatic rings. The number of aromatic nitrogens is 2. The lowest BCUT2D eigenvalue weighted by Crippen LogP contribution is -2.46. The van der Waals surface area contributed by atoms with Crippen molar-refractivity contribution in [1.82, 2.24) is 9.55 Å². The van der Waals surface area contributed by atoms with Crippen LogP contribution in [0.25, 0.3) is 11.0 Å². The van der Waals surface area contributed by atoms with E-state index in [0.29, 0.717) is 41.9 Å². The number of fused-ring (bicyclic) bond motifs is 1. The molecular weight excluding hydrogens is 447 g/mol. The van der Waals surface area contributed by atoms with Gasteiger partial charge < -0.3 is 19.5 Å². The minimum Gasteiger partial charge on any atom is -0.406 e. The smallest absolute Gasteiger partial charge is 0.406 e. The standard InChI is InChI=1S/C24H24F3N5O2/c1-14-13-32(11-10-19(14)30-16-5-7-17(8-6-16)34-24(25,26)27)22-18(12-28)23(33)31(3)20-9-4-15(2)29-21(20)22/h4-9,14,19,30H,10-11,13H2,1-3H3/t14-,19+/m1/s1. The summed E-state index contributed by atoms with van der Waals surface area (Å²) in [5.74, 6) is -0.152. The van der Waals surface area contributed by atoms with Crippen molar-refractivity contribution in [3.63, 3.8) is 0 Å². The predicted molar refractivity (Wildman–Crippen MR) is 123 cm³/mol. The van der Waals surface area contributed by atoms with Crippen LogP contribution in [0.1, 0.15) is 24.6 Å². The number of nitrogens with zero attached hydrogens (tertiary/aromatic N) is 4. The van der Waals surface area contributed by atoms with Gasteiger partial charge in [-0.25, -0.2) is 4.98 Å². The molecule has 1 aromatic carbocycles. The van der Waals surface area contributed by atoms with Gasteiger partial charge in [-0.2, -0.15) is 5.26 Å². The first-order valence-corrected chi connectivity index (χ1v) is 10.8. The lowest BCUT2D eigenvalue weighted by atomic mass is 9.92. The van der Waals surface area contributed by atoms with Crippen LogP contribution in [0.2, 0.25) is 0 Å². The Morgan fingerprint density at radius 3 is 2.53 bits per heavy atom. The van der Waals surface area contributed by atoms with E-state index >= 15 is 0 Å². The van der Waals surface area contributed by atoms with E-state index in [1.807, 2.05) is 24.0 Å². The molecule has 0 saturated carbocycles. The molecule has 4 rings (SSSR count). The van der Waals surface area contributed by atoms with Gasteiger partial charge in [0, 0.05) is 37.6 Å². The summed E-state index contributed by atoms with van der Waals surface area (Å²) in [7, 11) is 1.64. The highest BCUT2D eigenvalue weighted by Crippen LogP contribution is 2.32. The monoisotopic (exact) mass is 471 g/mol. The van der Waals surface area contributed by atoms with E-state index < -0.39 is 6.36 Å². The van der Waals surface area contributed by atoms with Crippen molar-refractivity contribution in [2.45, 2.75) is 32.7 Å². The fourth-order valence-electron chi connectivity index (χ4n) is 4.43. The maximum Gasteiger partial charge on any atom is 0.573 e. The van der Waals surface area contributed by atoms with Crippen LogP contribution in [-0.4, -0.2) is 35.0 Å². The zero-order valence-corrected chi connectivity index (χ0v) is 19.0. The van der Waals surface area contributed by atoms with Crippen LogP contribution >= 0.6 is 0 Å². The number of hydrogen-bond donors (Lipinski definition) is 1. The zero-order valence-electron chi connectivity index (χ0n) is 19.0. The molecule has 178 valence electrons. The molecule has 1 aliphatic heterocycles. The third kappa shape index (κ3) is 4.64. The van der Waals surface area contributed by atoms with Gasteiger partial charge in [-0.15, -0.1) is 13.2 Å². The minimum atomic E-state index is -4.73. The van der Waals surface area contributed by atoms with E-state index in [-0.39, 0.29) is 28.8 Å². The molecule has 0 spiro atoms. The second-order valence-electron chi connectivity index (χ2n) is 8.55. The molecule has 3 heterocycles. The average Bonchev–Trinajstić information content (AvgIpc) is 2.77. The molecule has 0 radical (unpaired) electrons. The van der Waals surface area contributed by atoms with Crippen molar-refractivity contribution in [2.75, 3.05) is 23.3 Å². The van der Waals surface area contributed by atoms with Crippen LogP contribution in [0.3, 0.4) is 0 Å². The molecule has 1 saturated heterocycles. The van der Waals surface area contributed by atoms with Crippen LogP contribution < -0.4 is 20.5 Å². The molecule has 10 heteroatoms. The largest absolute Gasteiger partial charge is 0.573 e. The van der Waals surface area contributed by atoms with Gasteiger partial charge in [-0.05, 0) is 55.7 Å². The van der Waals surface area contributed by atoms with Crippen LogP contribution in [0, 0.1) is 24.2 Å². The molecule has 3 aromatic rings. The number of nitriles is 1. The first-order chi connectivity index (χ1) is 16.1. The second kappa shape index (κ2) is 8.89. The van der Waals surface area contributed by atoms with Crippen molar-refractivity contribution in [2.24, 2.45) is 13.0 Å². The average molecular weight is 471 g/mol. The van der Waals surface area contributed by atoms with Crippen LogP contribution in [0.5, 0.6) is 5.75 Å². The Hall–Kier alpha value is -3.74. The molecule has 34 heavy (non-hydrogen) atoms. The zero-order chi connectivity index (χ0) is 24.6. The van der Waals surface area contributed by atoms with Crippen molar-refractivity contribution in [1.29, 1.82) is 5.26 Å². The highest BCUT2D eigenvalue weighted by molar-refractivity contribution is 5.91. The molecular formula is C24H24F3N5O2. The number of anilines is 2. The van der Waals surface area contributed by atoms with E-state index in [1.54, 1.807) is 19.2 Å². The summed E-state index contributed by atoms with van der Waals surface area (Å²) in [6.07, 6.45) is -4.02. The Morgan fingerprint density at radius 1 is 1.21 bits per heavy atom. The van der Waals surface area contributed by atoms with Crippen molar-refractivity contribution < 1.29 is 17.9 Å². The minimum absolute atomic E-state index is 0.0590. The summed E-state index contributed by atoms with van der Waals surface area (Å²) in [5.41, 5.74) is 3.05. The highest BCUT2D eigenvalue weighted by Gasteiger charge is 2.32. The molecule has 0 aliphatic carbocycles. The number of pyridine rings is 2. The number of rotatable bonds is 4. The van der Waals surface area contributed by atoms with E-state index in [4.69, 9.17) is 0 Å². The normalized spacial score (nSPS) is 18.6. The molecule has 0 amide bonds. The molecule has 2 aromatic heterocycles. The molecule has 7 nitrogen and oxygen atoms in total. The quantitative estimate of drug-likeness (QED) is 0.610. The Morgan fingerprint density at radius 2 is 1.91 bits per heavy atom. The number of piperidine rings is 1. The number of alkyl halides is 3. The first kappa shape index (κ1) is 23.4. The summed E-state index contributed by atoms with van der Waals surface area (Å²) in [5, 5.41) is 13.2. The molecule has 2 atom stereocenters. The van der Waals surface area contributed by atoms with Gasteiger partial charge in [0.25, 0.3) is 5.56 Å². The Balaban J connectivity index is 1.56. The summed E-state index contributed by atoms with van der Waals surface area (Å²) in [6.45, 7) is 5.09. The van der Waals surface area contributed by atoms with Gasteiger partial charge in [-0.1, -0.05) is 6.92 Å². The maximum absolute atomic E-state index is 12.9. The Kier molecular flexibility index (Phi) is 6.13. The summed E-state index contributed by atoms with van der Waals surface area (Å²) in [4.78, 5) is 19.5. The SMILES string of the molecule is Cc1ccc2c(n1)c(N1CC[C@H](Nc3ccc(OC(F)(F)F)cc3)[C@H](C)C1)c(C#N)c(=O)n2C. The van der Waals surface area contributed by atoms with E-state index in [1.165, 1.54) is 16.7 Å². The second-order valence-corrected chi connectivity index (χ2v) is 8.55. The summed E-state index contributed by atoms with van der Waals surface area (Å²) >= 11 is 0. The lowest BCUT2D eigenvalue weighted by Gasteiger charge is -2.39. The number of ether oxygens (including phenoxy) is 1. The number of aryl methyl sites for hydroxylation is 2. The number of nitrogens with one attached hydrogen (secondary N) is 1. The summed E-state index contributed by atoms with van der Waals surface area (Å²) in [6, 6.07) is 11.5. The molecule has 1 N–H and O–H groups in total. The van der Waals surface area contributed by atoms with Crippen molar-refractivity contribution in [3.05, 3.63) is 58.0 Å². The highest BCUT2D eigenvalue weighted by atomic mass is 19.4. The molecule has 0 unspecified atom stereocenters. The fourth-order valence-corrected chi connectivity index (χ4v) is 4.43. The van der Waals surface area contributed by atoms with Crippen molar-refractivity contribution in [3.8, 4) is 11.8 Å². The van der Waals surface area contributed by atoms with Gasteiger partial charge in [0.1, 0.15) is 22.9 Å². The topological polar surface area (TPSA) is 83.2 Å². The van der Waals surface area contributed by atoms with Crippen LogP contribution in [0.15, 0.2) is 41.2 Å². The van der Waals surface area contributed by atoms with Crippen LogP contribution in [-0.2, 0) is 7.05 Å². The maximum atomic E-state index is 12.9. The van der Waals surface area contributed by atoms with Gasteiger partial charge in [0.15, 0.2) is 0 Å². The molecule has 1 fully saturated rings. The first-order valence-electron chi connectivity index (χ1n) is 10.8. The predicted octanol–water partition coefficient (Wildman–Crippen LogP) is 4.34. The van der Waals surface area contributed by atoms with E-state index in [9.17, 15) is 23.2 Å². The van der Waals surface area contributed by atoms with Crippen molar-refractivity contribution >= 4 is 22.4 Å². The number of benzene rings is 1. The fraction of sp³-hybridized carbons (Fsp3) is 0.375. The lowest BCUT2D eigenvalue weighted by molar-refractivity contribution is -0.274. The van der Waals surface area contributed by atoms with E-state index in [2.05, 4.69) is 28.0 Å². The number of halogens is 3. The van der Waals surface area contributed by atoms with Crippen LogP contribution in [0.4, 0.5) is 24.5 Å².